The van der Waals surface area contributed by atoms with Gasteiger partial charge in [-0.1, -0.05) is 20.8 Å². The summed E-state index contributed by atoms with van der Waals surface area (Å²) in [6, 6.07) is 7.41. The van der Waals surface area contributed by atoms with E-state index in [1.165, 1.54) is 24.6 Å². The third-order valence-electron chi connectivity index (χ3n) is 7.18. The molecule has 1 fully saturated rings. The Balaban J connectivity index is 1.58. The van der Waals surface area contributed by atoms with Crippen LogP contribution in [0, 0.1) is 28.9 Å². The molecule has 0 saturated heterocycles. The van der Waals surface area contributed by atoms with Crippen molar-refractivity contribution in [2.75, 3.05) is 11.9 Å². The number of hydrogen-bond donors (Lipinski definition) is 1. The number of carbonyl (C=O) groups excluding carboxylic acids is 1. The van der Waals surface area contributed by atoms with Crippen LogP contribution >= 0.6 is 0 Å². The fourth-order valence-electron chi connectivity index (χ4n) is 5.40. The number of fused-ring (bicyclic) bond motifs is 1. The fourth-order valence-corrected chi connectivity index (χ4v) is 5.40. The summed E-state index contributed by atoms with van der Waals surface area (Å²) in [5.74, 6) is -0.787. The van der Waals surface area contributed by atoms with E-state index in [1.807, 2.05) is 4.90 Å². The molecule has 1 unspecified atom stereocenters. The molecule has 1 aliphatic carbocycles. The number of amides is 2. The molecule has 4 nitrogen and oxygen atoms in total. The molecule has 6 heteroatoms. The predicted molar refractivity (Wildman–Crippen MR) is 119 cm³/mol. The van der Waals surface area contributed by atoms with Gasteiger partial charge < -0.3 is 14.8 Å². The molecule has 2 aromatic rings. The summed E-state index contributed by atoms with van der Waals surface area (Å²) in [5.41, 5.74) is 1.76. The Morgan fingerprint density at radius 3 is 2.45 bits per heavy atom. The van der Waals surface area contributed by atoms with E-state index in [2.05, 4.69) is 49.0 Å². The van der Waals surface area contributed by atoms with Gasteiger partial charge in [0.2, 0.25) is 0 Å². The van der Waals surface area contributed by atoms with Crippen LogP contribution in [0.1, 0.15) is 64.6 Å². The van der Waals surface area contributed by atoms with Gasteiger partial charge in [0.1, 0.15) is 0 Å². The van der Waals surface area contributed by atoms with E-state index < -0.39 is 11.6 Å². The second-order valence-corrected chi connectivity index (χ2v) is 10.2. The first-order valence-corrected chi connectivity index (χ1v) is 11.4. The molecule has 31 heavy (non-hydrogen) atoms. The number of nitrogens with zero attached hydrogens (tertiary/aromatic N) is 2. The monoisotopic (exact) mass is 429 g/mol. The molecule has 1 aromatic carbocycles. The number of rotatable bonds is 2. The maximum atomic E-state index is 13.6. The van der Waals surface area contributed by atoms with Crippen molar-refractivity contribution in [1.29, 1.82) is 0 Å². The molecule has 1 saturated carbocycles. The van der Waals surface area contributed by atoms with Crippen molar-refractivity contribution in [3.8, 4) is 0 Å². The zero-order chi connectivity index (χ0) is 22.2. The lowest BCUT2D eigenvalue weighted by Crippen LogP contribution is -2.42. The normalized spacial score (nSPS) is 24.4. The second-order valence-electron chi connectivity index (χ2n) is 10.2. The summed E-state index contributed by atoms with van der Waals surface area (Å²) in [6.07, 6.45) is 7.48. The second kappa shape index (κ2) is 8.64. The highest BCUT2D eigenvalue weighted by atomic mass is 19.2. The molecule has 1 aromatic heterocycles. The van der Waals surface area contributed by atoms with Crippen LogP contribution in [0.2, 0.25) is 0 Å². The Morgan fingerprint density at radius 2 is 1.77 bits per heavy atom. The molecule has 2 heterocycles. The van der Waals surface area contributed by atoms with E-state index in [0.29, 0.717) is 23.8 Å². The van der Waals surface area contributed by atoms with Crippen LogP contribution in [0.15, 0.2) is 36.5 Å². The smallest absolute Gasteiger partial charge is 0.322 e. The SMILES string of the molecule is CC(C)(C)C1CCC(C2c3cccn3CCCN2C(=O)Nc2ccc(F)c(F)c2)CC1. The summed E-state index contributed by atoms with van der Waals surface area (Å²) in [4.78, 5) is 15.2. The molecular weight excluding hydrogens is 396 g/mol. The molecule has 1 N–H and O–H groups in total. The zero-order valence-electron chi connectivity index (χ0n) is 18.7. The summed E-state index contributed by atoms with van der Waals surface area (Å²) in [5, 5.41) is 2.80. The zero-order valence-corrected chi connectivity index (χ0v) is 18.7. The number of benzene rings is 1. The van der Waals surface area contributed by atoms with Gasteiger partial charge in [-0.05, 0) is 73.6 Å². The van der Waals surface area contributed by atoms with Gasteiger partial charge in [-0.2, -0.15) is 0 Å². The Bertz CT molecular complexity index is 925. The lowest BCUT2D eigenvalue weighted by molar-refractivity contribution is 0.0951. The van der Waals surface area contributed by atoms with Crippen LogP contribution < -0.4 is 5.32 Å². The van der Waals surface area contributed by atoms with E-state index in [4.69, 9.17) is 0 Å². The Labute approximate surface area is 183 Å². The molecule has 2 amide bonds. The Hall–Kier alpha value is -2.37. The highest BCUT2D eigenvalue weighted by Gasteiger charge is 2.39. The molecule has 0 spiro atoms. The third kappa shape index (κ3) is 4.63. The molecule has 1 atom stereocenters. The molecule has 0 bridgehead atoms. The number of nitrogens with one attached hydrogen (secondary N) is 1. The maximum absolute atomic E-state index is 13.6. The minimum atomic E-state index is -0.959. The Kier molecular flexibility index (Phi) is 6.09. The first-order valence-electron chi connectivity index (χ1n) is 11.4. The fraction of sp³-hybridized carbons (Fsp3) is 0.560. The number of aromatic nitrogens is 1. The predicted octanol–water partition coefficient (Wildman–Crippen LogP) is 6.60. The molecular formula is C25H33F2N3O. The van der Waals surface area contributed by atoms with Crippen LogP contribution in [0.3, 0.4) is 0 Å². The van der Waals surface area contributed by atoms with Crippen molar-refractivity contribution in [2.45, 2.75) is 65.5 Å². The highest BCUT2D eigenvalue weighted by Crippen LogP contribution is 2.46. The van der Waals surface area contributed by atoms with E-state index >= 15 is 0 Å². The number of halogens is 2. The van der Waals surface area contributed by atoms with Gasteiger partial charge in [0.05, 0.1) is 6.04 Å². The summed E-state index contributed by atoms with van der Waals surface area (Å²) >= 11 is 0. The summed E-state index contributed by atoms with van der Waals surface area (Å²) in [6.45, 7) is 8.47. The van der Waals surface area contributed by atoms with E-state index in [9.17, 15) is 13.6 Å². The summed E-state index contributed by atoms with van der Waals surface area (Å²) < 4.78 is 29.2. The molecule has 4 rings (SSSR count). The lowest BCUT2D eigenvalue weighted by atomic mass is 9.68. The first kappa shape index (κ1) is 21.8. The van der Waals surface area contributed by atoms with Crippen molar-refractivity contribution in [3.05, 3.63) is 53.9 Å². The number of urea groups is 1. The number of hydrogen-bond acceptors (Lipinski definition) is 1. The summed E-state index contributed by atoms with van der Waals surface area (Å²) in [7, 11) is 0. The topological polar surface area (TPSA) is 37.3 Å². The van der Waals surface area contributed by atoms with Gasteiger partial charge in [-0.25, -0.2) is 13.6 Å². The van der Waals surface area contributed by atoms with Crippen molar-refractivity contribution in [3.63, 3.8) is 0 Å². The van der Waals surface area contributed by atoms with E-state index in [1.54, 1.807) is 0 Å². The number of carbonyl (C=O) groups is 1. The quantitative estimate of drug-likeness (QED) is 0.574. The van der Waals surface area contributed by atoms with Gasteiger partial charge in [-0.15, -0.1) is 0 Å². The molecule has 0 radical (unpaired) electrons. The minimum Gasteiger partial charge on any atom is -0.350 e. The molecule has 2 aliphatic rings. The van der Waals surface area contributed by atoms with E-state index in [-0.39, 0.29) is 17.8 Å². The van der Waals surface area contributed by atoms with Gasteiger partial charge in [-0.3, -0.25) is 0 Å². The van der Waals surface area contributed by atoms with Crippen molar-refractivity contribution < 1.29 is 13.6 Å². The van der Waals surface area contributed by atoms with Gasteiger partial charge in [0.25, 0.3) is 0 Å². The Morgan fingerprint density at radius 1 is 1.03 bits per heavy atom. The largest absolute Gasteiger partial charge is 0.350 e. The van der Waals surface area contributed by atoms with Crippen molar-refractivity contribution >= 4 is 11.7 Å². The van der Waals surface area contributed by atoms with Crippen LogP contribution in [0.5, 0.6) is 0 Å². The average Bonchev–Trinajstić information content (AvgIpc) is 3.10. The van der Waals surface area contributed by atoms with Crippen molar-refractivity contribution in [2.24, 2.45) is 17.3 Å². The lowest BCUT2D eigenvalue weighted by Gasteiger charge is -2.42. The van der Waals surface area contributed by atoms with Crippen LogP contribution in [-0.4, -0.2) is 22.0 Å². The van der Waals surface area contributed by atoms with Crippen LogP contribution in [0.25, 0.3) is 0 Å². The first-order chi connectivity index (χ1) is 14.7. The maximum Gasteiger partial charge on any atom is 0.322 e. The highest BCUT2D eigenvalue weighted by molar-refractivity contribution is 5.89. The third-order valence-corrected chi connectivity index (χ3v) is 7.18. The van der Waals surface area contributed by atoms with Gasteiger partial charge in [0.15, 0.2) is 11.6 Å². The van der Waals surface area contributed by atoms with Crippen LogP contribution in [-0.2, 0) is 6.54 Å². The minimum absolute atomic E-state index is 0.0105. The van der Waals surface area contributed by atoms with Gasteiger partial charge in [0, 0.05) is 36.7 Å². The van der Waals surface area contributed by atoms with E-state index in [0.717, 1.165) is 37.9 Å². The standard InChI is InChI=1S/C25H33F2N3O/c1-25(2,3)18-9-7-17(8-10-18)23-22-6-4-13-29(22)14-5-15-30(23)24(31)28-19-11-12-20(26)21(27)16-19/h4,6,11-13,16-18,23H,5,7-10,14-15H2,1-3H3,(H,28,31). The molecule has 1 aliphatic heterocycles. The number of anilines is 1. The average molecular weight is 430 g/mol. The molecule has 168 valence electrons. The van der Waals surface area contributed by atoms with Gasteiger partial charge >= 0.3 is 6.03 Å². The van der Waals surface area contributed by atoms with Crippen molar-refractivity contribution in [1.82, 2.24) is 9.47 Å². The number of aryl methyl sites for hydroxylation is 1. The van der Waals surface area contributed by atoms with Crippen LogP contribution in [0.4, 0.5) is 19.3 Å².